The number of alkyl halides is 2. The van der Waals surface area contributed by atoms with E-state index in [9.17, 15) is 0 Å². The Balaban J connectivity index is 3.00. The van der Waals surface area contributed by atoms with Crippen molar-refractivity contribution in [2.24, 2.45) is 5.73 Å². The number of ether oxygens (including phenoxy) is 2. The summed E-state index contributed by atoms with van der Waals surface area (Å²) in [6, 6.07) is 0. The van der Waals surface area contributed by atoms with Crippen molar-refractivity contribution in [3.63, 3.8) is 0 Å². The number of rotatable bonds is 2. The van der Waals surface area contributed by atoms with E-state index in [1.54, 1.807) is 12.2 Å². The van der Waals surface area contributed by atoms with Crippen LogP contribution in [0.4, 0.5) is 0 Å². The van der Waals surface area contributed by atoms with Gasteiger partial charge in [-0.25, -0.2) is 0 Å². The molecule has 1 aliphatic rings. The summed E-state index contributed by atoms with van der Waals surface area (Å²) in [6.45, 7) is 0. The third-order valence-corrected chi connectivity index (χ3v) is 2.63. The van der Waals surface area contributed by atoms with Gasteiger partial charge in [0.1, 0.15) is 11.1 Å². The first-order valence-electron chi connectivity index (χ1n) is 3.65. The maximum Gasteiger partial charge on any atom is 0.184 e. The van der Waals surface area contributed by atoms with Crippen LogP contribution in [-0.4, -0.2) is 24.7 Å². The maximum absolute atomic E-state index is 6.00. The number of methoxy groups -OCH3 is 2. The molecular formula is C8H11Cl2NO2. The molecule has 2 unspecified atom stereocenters. The van der Waals surface area contributed by atoms with Crippen molar-refractivity contribution in [3.05, 3.63) is 23.6 Å². The van der Waals surface area contributed by atoms with Crippen molar-refractivity contribution >= 4 is 23.2 Å². The molecule has 0 amide bonds. The van der Waals surface area contributed by atoms with Crippen LogP contribution < -0.4 is 5.73 Å². The lowest BCUT2D eigenvalue weighted by Crippen LogP contribution is -2.30. The van der Waals surface area contributed by atoms with Crippen LogP contribution in [-0.2, 0) is 9.47 Å². The fraction of sp³-hybridized carbons (Fsp3) is 0.500. The van der Waals surface area contributed by atoms with E-state index in [1.165, 1.54) is 14.2 Å². The van der Waals surface area contributed by atoms with Gasteiger partial charge in [0.25, 0.3) is 0 Å². The summed E-state index contributed by atoms with van der Waals surface area (Å²) in [6.07, 6.45) is 3.14. The van der Waals surface area contributed by atoms with Crippen LogP contribution >= 0.6 is 23.2 Å². The largest absolute Gasteiger partial charge is 0.499 e. The Labute approximate surface area is 87.1 Å². The summed E-state index contributed by atoms with van der Waals surface area (Å²) in [5.74, 6) is 0.499. The summed E-state index contributed by atoms with van der Waals surface area (Å²) in [5.41, 5.74) is 6.07. The number of halogens is 2. The molecule has 1 rings (SSSR count). The van der Waals surface area contributed by atoms with Gasteiger partial charge in [0.05, 0.1) is 7.11 Å². The van der Waals surface area contributed by atoms with Gasteiger partial charge in [-0.2, -0.15) is 0 Å². The molecule has 0 radical (unpaired) electrons. The van der Waals surface area contributed by atoms with E-state index in [2.05, 4.69) is 0 Å². The number of hydrogen-bond acceptors (Lipinski definition) is 3. The van der Waals surface area contributed by atoms with Crippen molar-refractivity contribution in [2.45, 2.75) is 10.4 Å². The molecule has 0 fully saturated rings. The molecule has 1 aliphatic carbocycles. The normalized spacial score (nSPS) is 33.7. The zero-order valence-corrected chi connectivity index (χ0v) is 8.89. The average molecular weight is 224 g/mol. The van der Waals surface area contributed by atoms with Crippen molar-refractivity contribution in [1.82, 2.24) is 0 Å². The summed E-state index contributed by atoms with van der Waals surface area (Å²) in [7, 11) is 2.99. The first kappa shape index (κ1) is 10.7. The van der Waals surface area contributed by atoms with Gasteiger partial charge in [0.2, 0.25) is 0 Å². The second-order valence-electron chi connectivity index (χ2n) is 2.66. The standard InChI is InChI=1S/C8H11Cl2NO2/c1-12-6-4-8(10,13-2)3-5(11)7(6)9/h3-4,7H,11H2,1-2H3. The Morgan fingerprint density at radius 2 is 2.08 bits per heavy atom. The minimum Gasteiger partial charge on any atom is -0.499 e. The molecule has 74 valence electrons. The fourth-order valence-electron chi connectivity index (χ4n) is 1.05. The molecule has 0 aromatic carbocycles. The van der Waals surface area contributed by atoms with Crippen molar-refractivity contribution in [2.75, 3.05) is 14.2 Å². The van der Waals surface area contributed by atoms with E-state index in [-0.39, 0.29) is 0 Å². The highest BCUT2D eigenvalue weighted by molar-refractivity contribution is 6.27. The van der Waals surface area contributed by atoms with Crippen LogP contribution in [0.2, 0.25) is 0 Å². The van der Waals surface area contributed by atoms with Gasteiger partial charge in [0.15, 0.2) is 5.06 Å². The van der Waals surface area contributed by atoms with Crippen molar-refractivity contribution < 1.29 is 9.47 Å². The van der Waals surface area contributed by atoms with Crippen LogP contribution in [0.5, 0.6) is 0 Å². The van der Waals surface area contributed by atoms with Gasteiger partial charge in [-0.3, -0.25) is 0 Å². The summed E-state index contributed by atoms with van der Waals surface area (Å²) in [5, 5.41) is -1.51. The smallest absolute Gasteiger partial charge is 0.184 e. The van der Waals surface area contributed by atoms with Gasteiger partial charge in [0, 0.05) is 18.9 Å². The monoisotopic (exact) mass is 223 g/mol. The van der Waals surface area contributed by atoms with E-state index >= 15 is 0 Å². The second-order valence-corrected chi connectivity index (χ2v) is 3.69. The molecule has 0 bridgehead atoms. The van der Waals surface area contributed by atoms with Crippen LogP contribution in [0.3, 0.4) is 0 Å². The molecule has 2 N–H and O–H groups in total. The highest BCUT2D eigenvalue weighted by Gasteiger charge is 2.31. The van der Waals surface area contributed by atoms with Crippen LogP contribution in [0, 0.1) is 0 Å². The quantitative estimate of drug-likeness (QED) is 0.724. The molecule has 5 heteroatoms. The van der Waals surface area contributed by atoms with Crippen LogP contribution in [0.1, 0.15) is 0 Å². The first-order chi connectivity index (χ1) is 6.02. The Bertz CT molecular complexity index is 265. The molecule has 0 spiro atoms. The predicted octanol–water partition coefficient (Wildman–Crippen LogP) is 1.56. The molecule has 0 saturated carbocycles. The Morgan fingerprint density at radius 1 is 1.46 bits per heavy atom. The van der Waals surface area contributed by atoms with Crippen LogP contribution in [0.25, 0.3) is 0 Å². The SMILES string of the molecule is COC1=CC(Cl)(OC)C=C(N)C1Cl. The fourth-order valence-corrected chi connectivity index (χ4v) is 1.50. The van der Waals surface area contributed by atoms with E-state index in [4.69, 9.17) is 38.4 Å². The minimum absolute atomic E-state index is 0.429. The molecule has 3 nitrogen and oxygen atoms in total. The maximum atomic E-state index is 6.00. The van der Waals surface area contributed by atoms with E-state index < -0.39 is 10.4 Å². The zero-order chi connectivity index (χ0) is 10.1. The predicted molar refractivity (Wildman–Crippen MR) is 52.6 cm³/mol. The highest BCUT2D eigenvalue weighted by Crippen LogP contribution is 2.32. The summed E-state index contributed by atoms with van der Waals surface area (Å²) >= 11 is 11.9. The molecule has 0 saturated heterocycles. The van der Waals surface area contributed by atoms with Crippen molar-refractivity contribution in [3.8, 4) is 0 Å². The summed E-state index contributed by atoms with van der Waals surface area (Å²) in [4.78, 5) is 0. The zero-order valence-electron chi connectivity index (χ0n) is 7.38. The topological polar surface area (TPSA) is 44.5 Å². The second kappa shape index (κ2) is 3.78. The third kappa shape index (κ3) is 2.10. The van der Waals surface area contributed by atoms with Crippen molar-refractivity contribution in [1.29, 1.82) is 0 Å². The Morgan fingerprint density at radius 3 is 2.54 bits per heavy atom. The molecule has 0 aliphatic heterocycles. The van der Waals surface area contributed by atoms with E-state index in [0.717, 1.165) is 0 Å². The van der Waals surface area contributed by atoms with Crippen LogP contribution in [0.15, 0.2) is 23.6 Å². The highest BCUT2D eigenvalue weighted by atomic mass is 35.5. The summed E-state index contributed by atoms with van der Waals surface area (Å²) < 4.78 is 10.0. The van der Waals surface area contributed by atoms with Gasteiger partial charge >= 0.3 is 0 Å². The van der Waals surface area contributed by atoms with E-state index in [0.29, 0.717) is 11.5 Å². The van der Waals surface area contributed by atoms with Gasteiger partial charge < -0.3 is 15.2 Å². The average Bonchev–Trinajstić information content (AvgIpc) is 2.11. The van der Waals surface area contributed by atoms with Gasteiger partial charge in [-0.1, -0.05) is 11.6 Å². The lowest BCUT2D eigenvalue weighted by Gasteiger charge is -2.27. The lowest BCUT2D eigenvalue weighted by molar-refractivity contribution is 0.134. The Kier molecular flexibility index (Phi) is 3.11. The third-order valence-electron chi connectivity index (χ3n) is 1.79. The molecule has 13 heavy (non-hydrogen) atoms. The molecular weight excluding hydrogens is 213 g/mol. The molecule has 0 aromatic rings. The lowest BCUT2D eigenvalue weighted by atomic mass is 10.1. The first-order valence-corrected chi connectivity index (χ1v) is 4.47. The number of hydrogen-bond donors (Lipinski definition) is 1. The molecule has 2 atom stereocenters. The van der Waals surface area contributed by atoms with Gasteiger partial charge in [-0.15, -0.1) is 11.6 Å². The minimum atomic E-state index is -1.04. The molecule has 0 aromatic heterocycles. The van der Waals surface area contributed by atoms with E-state index in [1.807, 2.05) is 0 Å². The number of nitrogens with two attached hydrogens (primary N) is 1. The Hall–Kier alpha value is -0.380. The molecule has 0 heterocycles. The van der Waals surface area contributed by atoms with Gasteiger partial charge in [-0.05, 0) is 6.08 Å².